The van der Waals surface area contributed by atoms with Gasteiger partial charge in [-0.05, 0) is 41.4 Å². The van der Waals surface area contributed by atoms with Crippen molar-refractivity contribution >= 4 is 27.2 Å². The molecule has 0 spiro atoms. The number of anilines is 1. The number of hydrogen-bond donors (Lipinski definition) is 0. The SMILES string of the molecule is CN1CCN(c2cccc3cc4ccccc4cc23)CC1. The Balaban J connectivity index is 1.86. The van der Waals surface area contributed by atoms with Gasteiger partial charge in [0.25, 0.3) is 0 Å². The van der Waals surface area contributed by atoms with Gasteiger partial charge >= 0.3 is 0 Å². The lowest BCUT2D eigenvalue weighted by Gasteiger charge is -2.34. The minimum absolute atomic E-state index is 1.11. The van der Waals surface area contributed by atoms with Gasteiger partial charge in [0, 0.05) is 37.3 Å². The molecule has 2 nitrogen and oxygen atoms in total. The zero-order chi connectivity index (χ0) is 14.2. The topological polar surface area (TPSA) is 6.48 Å². The van der Waals surface area contributed by atoms with E-state index in [-0.39, 0.29) is 0 Å². The number of benzene rings is 3. The predicted molar refractivity (Wildman–Crippen MR) is 91.2 cm³/mol. The fourth-order valence-electron chi connectivity index (χ4n) is 3.27. The number of nitrogens with zero attached hydrogens (tertiary/aromatic N) is 2. The van der Waals surface area contributed by atoms with Gasteiger partial charge in [0.1, 0.15) is 0 Å². The zero-order valence-electron chi connectivity index (χ0n) is 12.4. The van der Waals surface area contributed by atoms with Crippen LogP contribution < -0.4 is 4.90 Å². The van der Waals surface area contributed by atoms with E-state index in [1.165, 1.54) is 27.2 Å². The predicted octanol–water partition coefficient (Wildman–Crippen LogP) is 3.74. The molecular formula is C19H20N2. The second kappa shape index (κ2) is 5.05. The molecule has 0 saturated carbocycles. The molecule has 1 aliphatic heterocycles. The lowest BCUT2D eigenvalue weighted by molar-refractivity contribution is 0.313. The molecule has 0 unspecified atom stereocenters. The summed E-state index contributed by atoms with van der Waals surface area (Å²) in [6, 6.07) is 20.0. The molecule has 1 fully saturated rings. The zero-order valence-corrected chi connectivity index (χ0v) is 12.4. The smallest absolute Gasteiger partial charge is 0.0447 e. The normalized spacial score (nSPS) is 16.7. The average Bonchev–Trinajstić information content (AvgIpc) is 2.53. The second-order valence-electron chi connectivity index (χ2n) is 5.99. The summed E-state index contributed by atoms with van der Waals surface area (Å²) in [5.74, 6) is 0. The van der Waals surface area contributed by atoms with Crippen molar-refractivity contribution in [3.8, 4) is 0 Å². The number of piperazine rings is 1. The van der Waals surface area contributed by atoms with Gasteiger partial charge in [-0.15, -0.1) is 0 Å². The Morgan fingerprint density at radius 1 is 0.714 bits per heavy atom. The highest BCUT2D eigenvalue weighted by Gasteiger charge is 2.16. The lowest BCUT2D eigenvalue weighted by Crippen LogP contribution is -2.44. The van der Waals surface area contributed by atoms with Gasteiger partial charge in [0.05, 0.1) is 0 Å². The lowest BCUT2D eigenvalue weighted by atomic mass is 10.0. The molecule has 0 bridgehead atoms. The van der Waals surface area contributed by atoms with Crippen LogP contribution >= 0.6 is 0 Å². The summed E-state index contributed by atoms with van der Waals surface area (Å²) in [6.45, 7) is 4.51. The van der Waals surface area contributed by atoms with E-state index in [0.29, 0.717) is 0 Å². The quantitative estimate of drug-likeness (QED) is 0.625. The maximum absolute atomic E-state index is 2.52. The van der Waals surface area contributed by atoms with Gasteiger partial charge in [-0.3, -0.25) is 0 Å². The third-order valence-corrected chi connectivity index (χ3v) is 4.57. The van der Waals surface area contributed by atoms with Crippen LogP contribution in [0.5, 0.6) is 0 Å². The highest BCUT2D eigenvalue weighted by atomic mass is 15.2. The van der Waals surface area contributed by atoms with Gasteiger partial charge in [-0.1, -0.05) is 36.4 Å². The van der Waals surface area contributed by atoms with Gasteiger partial charge in [0.2, 0.25) is 0 Å². The summed E-state index contributed by atoms with van der Waals surface area (Å²) in [6.07, 6.45) is 0. The molecule has 0 radical (unpaired) electrons. The Labute approximate surface area is 125 Å². The largest absolute Gasteiger partial charge is 0.368 e. The molecular weight excluding hydrogens is 256 g/mol. The van der Waals surface area contributed by atoms with Crippen LogP contribution in [0.3, 0.4) is 0 Å². The van der Waals surface area contributed by atoms with Gasteiger partial charge in [-0.2, -0.15) is 0 Å². The van der Waals surface area contributed by atoms with E-state index in [4.69, 9.17) is 0 Å². The number of hydrogen-bond acceptors (Lipinski definition) is 2. The molecule has 1 aliphatic rings. The Kier molecular flexibility index (Phi) is 3.04. The van der Waals surface area contributed by atoms with Crippen molar-refractivity contribution in [1.29, 1.82) is 0 Å². The molecule has 3 aromatic rings. The maximum Gasteiger partial charge on any atom is 0.0447 e. The van der Waals surface area contributed by atoms with Crippen molar-refractivity contribution in [3.05, 3.63) is 54.6 Å². The van der Waals surface area contributed by atoms with Crippen molar-refractivity contribution in [1.82, 2.24) is 4.90 Å². The Bertz CT molecular complexity index is 786. The summed E-state index contributed by atoms with van der Waals surface area (Å²) in [5.41, 5.74) is 1.38. The van der Waals surface area contributed by atoms with E-state index in [1.54, 1.807) is 0 Å². The molecule has 106 valence electrons. The highest BCUT2D eigenvalue weighted by molar-refractivity contribution is 6.03. The molecule has 0 aliphatic carbocycles. The summed E-state index contributed by atoms with van der Waals surface area (Å²) < 4.78 is 0. The summed E-state index contributed by atoms with van der Waals surface area (Å²) in [7, 11) is 2.20. The minimum Gasteiger partial charge on any atom is -0.368 e. The molecule has 21 heavy (non-hydrogen) atoms. The standard InChI is InChI=1S/C19H20N2/c1-20-9-11-21(12-10-20)19-8-4-7-17-13-15-5-2-3-6-16(15)14-18(17)19/h2-8,13-14H,9-12H2,1H3. The third kappa shape index (κ3) is 2.26. The van der Waals surface area contributed by atoms with Crippen LogP contribution in [0.25, 0.3) is 21.5 Å². The van der Waals surface area contributed by atoms with Crippen LogP contribution in [-0.4, -0.2) is 38.1 Å². The number of rotatable bonds is 1. The first-order valence-electron chi connectivity index (χ1n) is 7.66. The molecule has 0 N–H and O–H groups in total. The van der Waals surface area contributed by atoms with Crippen LogP contribution in [0.15, 0.2) is 54.6 Å². The van der Waals surface area contributed by atoms with Crippen LogP contribution in [0, 0.1) is 0 Å². The molecule has 1 heterocycles. The average molecular weight is 276 g/mol. The van der Waals surface area contributed by atoms with Crippen LogP contribution in [-0.2, 0) is 0 Å². The van der Waals surface area contributed by atoms with E-state index >= 15 is 0 Å². The Morgan fingerprint density at radius 2 is 1.38 bits per heavy atom. The van der Waals surface area contributed by atoms with E-state index in [1.807, 2.05) is 0 Å². The van der Waals surface area contributed by atoms with Gasteiger partial charge < -0.3 is 9.80 Å². The first-order valence-corrected chi connectivity index (χ1v) is 7.66. The minimum atomic E-state index is 1.11. The first-order chi connectivity index (χ1) is 10.3. The maximum atomic E-state index is 2.52. The van der Waals surface area contributed by atoms with E-state index < -0.39 is 0 Å². The van der Waals surface area contributed by atoms with Crippen molar-refractivity contribution in [2.45, 2.75) is 0 Å². The molecule has 3 aromatic carbocycles. The third-order valence-electron chi connectivity index (χ3n) is 4.57. The number of likely N-dealkylation sites (N-methyl/N-ethyl adjacent to an activating group) is 1. The summed E-state index contributed by atoms with van der Waals surface area (Å²) in [5, 5.41) is 5.36. The van der Waals surface area contributed by atoms with Crippen molar-refractivity contribution in [3.63, 3.8) is 0 Å². The first kappa shape index (κ1) is 12.7. The van der Waals surface area contributed by atoms with Crippen molar-refractivity contribution in [2.24, 2.45) is 0 Å². The number of fused-ring (bicyclic) bond motifs is 2. The van der Waals surface area contributed by atoms with Crippen LogP contribution in [0.1, 0.15) is 0 Å². The summed E-state index contributed by atoms with van der Waals surface area (Å²) >= 11 is 0. The van der Waals surface area contributed by atoms with Gasteiger partial charge in [-0.25, -0.2) is 0 Å². The fraction of sp³-hybridized carbons (Fsp3) is 0.263. The highest BCUT2D eigenvalue weighted by Crippen LogP contribution is 2.31. The molecule has 4 rings (SSSR count). The van der Waals surface area contributed by atoms with Crippen LogP contribution in [0.2, 0.25) is 0 Å². The Hall–Kier alpha value is -2.06. The van der Waals surface area contributed by atoms with E-state index in [2.05, 4.69) is 71.4 Å². The summed E-state index contributed by atoms with van der Waals surface area (Å²) in [4.78, 5) is 4.92. The monoisotopic (exact) mass is 276 g/mol. The molecule has 0 atom stereocenters. The second-order valence-corrected chi connectivity index (χ2v) is 5.99. The van der Waals surface area contributed by atoms with Crippen molar-refractivity contribution in [2.75, 3.05) is 38.1 Å². The molecule has 0 aromatic heterocycles. The molecule has 2 heteroatoms. The van der Waals surface area contributed by atoms with E-state index in [9.17, 15) is 0 Å². The fourth-order valence-corrected chi connectivity index (χ4v) is 3.27. The molecule has 0 amide bonds. The molecule has 1 saturated heterocycles. The Morgan fingerprint density at radius 3 is 2.14 bits per heavy atom. The van der Waals surface area contributed by atoms with Crippen molar-refractivity contribution < 1.29 is 0 Å². The van der Waals surface area contributed by atoms with Crippen LogP contribution in [0.4, 0.5) is 5.69 Å². The van der Waals surface area contributed by atoms with Gasteiger partial charge in [0.15, 0.2) is 0 Å². The van der Waals surface area contributed by atoms with E-state index in [0.717, 1.165) is 26.2 Å².